The molecule has 0 radical (unpaired) electrons. The fraction of sp³-hybridized carbons (Fsp3) is 0.444. The van der Waals surface area contributed by atoms with Crippen LogP contribution in [0.1, 0.15) is 11.6 Å². The normalized spacial score (nSPS) is 13.8. The van der Waals surface area contributed by atoms with Crippen LogP contribution in [-0.4, -0.2) is 24.2 Å². The van der Waals surface area contributed by atoms with Gasteiger partial charge in [-0.3, -0.25) is 4.98 Å². The predicted octanol–water partition coefficient (Wildman–Crippen LogP) is 2.00. The number of pyridine rings is 1. The van der Waals surface area contributed by atoms with E-state index in [2.05, 4.69) is 26.2 Å². The number of nitrogens with one attached hydrogen (secondary N) is 1. The summed E-state index contributed by atoms with van der Waals surface area (Å²) >= 11 is 3.20. The largest absolute Gasteiger partial charge is 0.401 e. The molecule has 1 aromatic rings. The van der Waals surface area contributed by atoms with Crippen molar-refractivity contribution < 1.29 is 13.2 Å². The first kappa shape index (κ1) is 13.4. The molecule has 1 aromatic heterocycles. The molecule has 1 unspecified atom stereocenters. The van der Waals surface area contributed by atoms with Crippen molar-refractivity contribution >= 4 is 15.9 Å². The molecule has 90 valence electrons. The Morgan fingerprint density at radius 1 is 1.44 bits per heavy atom. The molecule has 3 nitrogen and oxygen atoms in total. The van der Waals surface area contributed by atoms with Crippen molar-refractivity contribution in [2.75, 3.05) is 13.1 Å². The average Bonchev–Trinajstić information content (AvgIpc) is 2.17. The Morgan fingerprint density at radius 2 is 2.12 bits per heavy atom. The first-order chi connectivity index (χ1) is 7.42. The molecule has 7 heteroatoms. The molecule has 0 aliphatic heterocycles. The second-order valence-electron chi connectivity index (χ2n) is 3.22. The van der Waals surface area contributed by atoms with E-state index in [0.717, 1.165) is 0 Å². The molecule has 0 saturated heterocycles. The van der Waals surface area contributed by atoms with Crippen molar-refractivity contribution in [3.8, 4) is 0 Å². The number of aromatic nitrogens is 1. The van der Waals surface area contributed by atoms with Gasteiger partial charge in [0.15, 0.2) is 0 Å². The van der Waals surface area contributed by atoms with Crippen LogP contribution in [0.2, 0.25) is 0 Å². The van der Waals surface area contributed by atoms with Crippen molar-refractivity contribution in [3.05, 3.63) is 28.5 Å². The number of nitrogens with zero attached hydrogens (tertiary/aromatic N) is 1. The fourth-order valence-corrected chi connectivity index (χ4v) is 1.58. The number of rotatable bonds is 4. The van der Waals surface area contributed by atoms with E-state index in [9.17, 15) is 13.2 Å². The van der Waals surface area contributed by atoms with Gasteiger partial charge in [0.25, 0.3) is 0 Å². The Labute approximate surface area is 99.4 Å². The van der Waals surface area contributed by atoms with Crippen LogP contribution in [0.5, 0.6) is 0 Å². The van der Waals surface area contributed by atoms with Crippen molar-refractivity contribution in [2.24, 2.45) is 5.73 Å². The highest BCUT2D eigenvalue weighted by Gasteiger charge is 2.28. The number of alkyl halides is 3. The van der Waals surface area contributed by atoms with E-state index in [1.807, 2.05) is 0 Å². The Hall–Kier alpha value is -0.660. The highest BCUT2D eigenvalue weighted by atomic mass is 79.9. The minimum absolute atomic E-state index is 0.0776. The van der Waals surface area contributed by atoms with Gasteiger partial charge in [0.2, 0.25) is 0 Å². The third-order valence-corrected chi connectivity index (χ3v) is 2.35. The summed E-state index contributed by atoms with van der Waals surface area (Å²) in [5.74, 6) is 0. The Morgan fingerprint density at radius 3 is 2.62 bits per heavy atom. The zero-order chi connectivity index (χ0) is 12.2. The first-order valence-electron chi connectivity index (χ1n) is 4.53. The van der Waals surface area contributed by atoms with E-state index >= 15 is 0 Å². The average molecular weight is 298 g/mol. The number of halogens is 4. The van der Waals surface area contributed by atoms with E-state index in [1.165, 1.54) is 6.20 Å². The lowest BCUT2D eigenvalue weighted by atomic mass is 10.1. The SMILES string of the molecule is NCC(NCC(F)(F)F)c1cncc(Br)c1. The lowest BCUT2D eigenvalue weighted by Crippen LogP contribution is -2.35. The molecular weight excluding hydrogens is 287 g/mol. The second kappa shape index (κ2) is 5.60. The van der Waals surface area contributed by atoms with Gasteiger partial charge in [-0.15, -0.1) is 0 Å². The summed E-state index contributed by atoms with van der Waals surface area (Å²) in [5, 5.41) is 2.34. The number of hydrogen-bond donors (Lipinski definition) is 2. The minimum atomic E-state index is -4.24. The molecule has 1 heterocycles. The molecular formula is C9H11BrF3N3. The summed E-state index contributed by atoms with van der Waals surface area (Å²) in [6.07, 6.45) is -1.20. The van der Waals surface area contributed by atoms with Gasteiger partial charge in [0, 0.05) is 29.5 Å². The molecule has 0 amide bonds. The lowest BCUT2D eigenvalue weighted by Gasteiger charge is -2.18. The molecule has 0 saturated carbocycles. The van der Waals surface area contributed by atoms with Crippen molar-refractivity contribution in [3.63, 3.8) is 0 Å². The van der Waals surface area contributed by atoms with Gasteiger partial charge < -0.3 is 11.1 Å². The van der Waals surface area contributed by atoms with Gasteiger partial charge in [-0.1, -0.05) is 0 Å². The molecule has 0 aliphatic rings. The van der Waals surface area contributed by atoms with E-state index in [4.69, 9.17) is 5.73 Å². The monoisotopic (exact) mass is 297 g/mol. The summed E-state index contributed by atoms with van der Waals surface area (Å²) in [6, 6.07) is 1.14. The zero-order valence-electron chi connectivity index (χ0n) is 8.26. The van der Waals surface area contributed by atoms with E-state index in [1.54, 1.807) is 12.3 Å². The molecule has 0 fully saturated rings. The molecule has 16 heavy (non-hydrogen) atoms. The maximum Gasteiger partial charge on any atom is 0.401 e. The highest BCUT2D eigenvalue weighted by Crippen LogP contribution is 2.18. The van der Waals surface area contributed by atoms with E-state index in [-0.39, 0.29) is 6.54 Å². The molecule has 1 atom stereocenters. The quantitative estimate of drug-likeness (QED) is 0.894. The Kier molecular flexibility index (Phi) is 4.69. The van der Waals surface area contributed by atoms with Crippen LogP contribution in [0.25, 0.3) is 0 Å². The van der Waals surface area contributed by atoms with Gasteiger partial charge in [0.1, 0.15) is 0 Å². The first-order valence-corrected chi connectivity index (χ1v) is 5.32. The van der Waals surface area contributed by atoms with Crippen LogP contribution in [0.4, 0.5) is 13.2 Å². The van der Waals surface area contributed by atoms with Crippen LogP contribution >= 0.6 is 15.9 Å². The zero-order valence-corrected chi connectivity index (χ0v) is 9.85. The van der Waals surface area contributed by atoms with Crippen LogP contribution in [0.15, 0.2) is 22.9 Å². The summed E-state index contributed by atoms with van der Waals surface area (Å²) in [4.78, 5) is 3.87. The maximum absolute atomic E-state index is 12.0. The van der Waals surface area contributed by atoms with Crippen molar-refractivity contribution in [1.82, 2.24) is 10.3 Å². The predicted molar refractivity (Wildman–Crippen MR) is 57.8 cm³/mol. The minimum Gasteiger partial charge on any atom is -0.329 e. The van der Waals surface area contributed by atoms with Crippen LogP contribution < -0.4 is 11.1 Å². The lowest BCUT2D eigenvalue weighted by molar-refractivity contribution is -0.126. The van der Waals surface area contributed by atoms with Crippen LogP contribution in [0, 0.1) is 0 Å². The highest BCUT2D eigenvalue weighted by molar-refractivity contribution is 9.10. The van der Waals surface area contributed by atoms with Crippen molar-refractivity contribution in [2.45, 2.75) is 12.2 Å². The van der Waals surface area contributed by atoms with Crippen LogP contribution in [-0.2, 0) is 0 Å². The maximum atomic E-state index is 12.0. The second-order valence-corrected chi connectivity index (χ2v) is 4.14. The standard InChI is InChI=1S/C9H11BrF3N3/c10-7-1-6(3-15-4-7)8(2-14)16-5-9(11,12)13/h1,3-4,8,16H,2,5,14H2. The van der Waals surface area contributed by atoms with Gasteiger partial charge in [0.05, 0.1) is 6.54 Å². The van der Waals surface area contributed by atoms with Crippen LogP contribution in [0.3, 0.4) is 0 Å². The van der Waals surface area contributed by atoms with E-state index in [0.29, 0.717) is 10.0 Å². The molecule has 3 N–H and O–H groups in total. The topological polar surface area (TPSA) is 50.9 Å². The summed E-state index contributed by atoms with van der Waals surface area (Å²) in [7, 11) is 0. The summed E-state index contributed by atoms with van der Waals surface area (Å²) in [5.41, 5.74) is 6.04. The Balaban J connectivity index is 2.68. The molecule has 1 rings (SSSR count). The van der Waals surface area contributed by atoms with Gasteiger partial charge in [-0.25, -0.2) is 0 Å². The third kappa shape index (κ3) is 4.46. The number of hydrogen-bond acceptors (Lipinski definition) is 3. The third-order valence-electron chi connectivity index (χ3n) is 1.91. The van der Waals surface area contributed by atoms with Gasteiger partial charge in [-0.2, -0.15) is 13.2 Å². The van der Waals surface area contributed by atoms with Gasteiger partial charge >= 0.3 is 6.18 Å². The molecule has 0 aromatic carbocycles. The summed E-state index contributed by atoms with van der Waals surface area (Å²) < 4.78 is 36.8. The Bertz CT molecular complexity index is 343. The molecule has 0 aliphatic carbocycles. The van der Waals surface area contributed by atoms with Gasteiger partial charge in [-0.05, 0) is 27.6 Å². The molecule has 0 bridgehead atoms. The van der Waals surface area contributed by atoms with Crippen molar-refractivity contribution in [1.29, 1.82) is 0 Å². The number of nitrogens with two attached hydrogens (primary N) is 1. The molecule has 0 spiro atoms. The summed E-state index contributed by atoms with van der Waals surface area (Å²) in [6.45, 7) is -0.990. The fourth-order valence-electron chi connectivity index (χ4n) is 1.20. The smallest absolute Gasteiger partial charge is 0.329 e. The van der Waals surface area contributed by atoms with E-state index < -0.39 is 18.8 Å².